The molecule has 0 saturated heterocycles. The first-order valence-electron chi connectivity index (χ1n) is 12.9. The molecule has 0 heterocycles. The minimum Gasteiger partial charge on any atom is -0.130 e. The van der Waals surface area contributed by atoms with Gasteiger partial charge < -0.3 is 0 Å². The van der Waals surface area contributed by atoms with Crippen LogP contribution in [-0.2, 0) is 0 Å². The van der Waals surface area contributed by atoms with E-state index in [1.54, 1.807) is 103 Å². The van der Waals surface area contributed by atoms with Crippen LogP contribution in [0.25, 0.3) is 0 Å². The molecule has 9 saturated carbocycles. The summed E-state index contributed by atoms with van der Waals surface area (Å²) in [6.07, 6.45) is 25.8. The van der Waals surface area contributed by atoms with Crippen molar-refractivity contribution in [2.24, 2.45) is 52.3 Å². The van der Waals surface area contributed by atoms with Gasteiger partial charge in [-0.25, -0.2) is 0 Å². The average molecular weight is 385 g/mol. The molecule has 9 fully saturated rings. The fourth-order valence-electron chi connectivity index (χ4n) is 12.0. The molecule has 0 aromatic carbocycles. The van der Waals surface area contributed by atoms with Crippen molar-refractivity contribution in [3.8, 4) is 0 Å². The molecule has 9 aliphatic carbocycles. The lowest BCUT2D eigenvalue weighted by atomic mass is 9.36. The number of hydrogen-bond donors (Lipinski definition) is 0. The van der Waals surface area contributed by atoms with E-state index in [0.717, 1.165) is 52.3 Å². The molecule has 9 rings (SSSR count). The summed E-state index contributed by atoms with van der Waals surface area (Å²) < 4.78 is 0. The number of rotatable bonds is 3. The van der Waals surface area contributed by atoms with Gasteiger partial charge in [0.1, 0.15) is 0 Å². The van der Waals surface area contributed by atoms with Crippen molar-refractivity contribution >= 4 is 9.24 Å². The van der Waals surface area contributed by atoms with E-state index >= 15 is 0 Å². The van der Waals surface area contributed by atoms with Gasteiger partial charge in [0.2, 0.25) is 0 Å². The summed E-state index contributed by atoms with van der Waals surface area (Å²) >= 11 is 0. The van der Waals surface area contributed by atoms with Crippen molar-refractivity contribution in [2.75, 3.05) is 0 Å². The lowest BCUT2D eigenvalue weighted by Gasteiger charge is -2.73. The molecule has 8 bridgehead atoms. The zero-order chi connectivity index (χ0) is 17.9. The Hall–Kier alpha value is 0.430. The summed E-state index contributed by atoms with van der Waals surface area (Å²) in [6.45, 7) is 0. The summed E-state index contributed by atoms with van der Waals surface area (Å²) in [4.78, 5) is 0. The fourth-order valence-corrected chi connectivity index (χ4v) is 13.1. The van der Waals surface area contributed by atoms with E-state index in [0.29, 0.717) is 5.16 Å². The first kappa shape index (κ1) is 17.1. The minimum absolute atomic E-state index is 0.614. The van der Waals surface area contributed by atoms with Gasteiger partial charge in [0.05, 0.1) is 0 Å². The van der Waals surface area contributed by atoms with Gasteiger partial charge in [-0.15, -0.1) is 9.24 Å². The monoisotopic (exact) mass is 384 g/mol. The van der Waals surface area contributed by atoms with Crippen molar-refractivity contribution in [3.05, 3.63) is 0 Å². The summed E-state index contributed by atoms with van der Waals surface area (Å²) in [5, 5.41) is 0.614. The van der Waals surface area contributed by atoms with Crippen molar-refractivity contribution in [1.82, 2.24) is 0 Å². The molecule has 1 heteroatoms. The van der Waals surface area contributed by atoms with E-state index in [1.165, 1.54) is 0 Å². The Balaban J connectivity index is 1.37. The molecule has 0 aromatic heterocycles. The fraction of sp³-hybridized carbons (Fsp3) is 1.00. The molecular formula is C26H41P. The van der Waals surface area contributed by atoms with Gasteiger partial charge in [-0.2, -0.15) is 0 Å². The molecule has 27 heavy (non-hydrogen) atoms. The summed E-state index contributed by atoms with van der Waals surface area (Å²) in [7, 11) is 3.82. The second-order valence-corrected chi connectivity index (χ2v) is 14.2. The van der Waals surface area contributed by atoms with E-state index in [1.807, 2.05) is 0 Å². The smallest absolute Gasteiger partial charge is 0.000916 e. The van der Waals surface area contributed by atoms with Gasteiger partial charge in [0.25, 0.3) is 0 Å². The largest absolute Gasteiger partial charge is 0.130 e. The van der Waals surface area contributed by atoms with Crippen LogP contribution in [0.5, 0.6) is 0 Å². The quantitative estimate of drug-likeness (QED) is 0.450. The normalized spacial score (nSPS) is 58.1. The third-order valence-corrected chi connectivity index (χ3v) is 13.5. The van der Waals surface area contributed by atoms with Crippen LogP contribution >= 0.6 is 9.24 Å². The van der Waals surface area contributed by atoms with Gasteiger partial charge in [-0.05, 0) is 147 Å². The summed E-state index contributed by atoms with van der Waals surface area (Å²) in [5.41, 5.74) is 1.46. The van der Waals surface area contributed by atoms with Crippen LogP contribution in [-0.4, -0.2) is 5.16 Å². The minimum atomic E-state index is 0.614. The first-order valence-corrected chi connectivity index (χ1v) is 13.4. The van der Waals surface area contributed by atoms with Crippen LogP contribution in [0.15, 0.2) is 0 Å². The molecule has 1 atom stereocenters. The lowest BCUT2D eigenvalue weighted by Crippen LogP contribution is -2.68. The molecule has 9 aliphatic rings. The Labute approximate surface area is 169 Å². The average Bonchev–Trinajstić information content (AvgIpc) is 3.13. The molecular weight excluding hydrogens is 343 g/mol. The second-order valence-electron chi connectivity index (χ2n) is 13.2. The van der Waals surface area contributed by atoms with Crippen molar-refractivity contribution < 1.29 is 0 Å². The third-order valence-electron chi connectivity index (χ3n) is 11.8. The van der Waals surface area contributed by atoms with E-state index in [2.05, 4.69) is 9.24 Å². The molecule has 0 nitrogen and oxygen atoms in total. The van der Waals surface area contributed by atoms with Crippen LogP contribution in [0.1, 0.15) is 103 Å². The lowest BCUT2D eigenvalue weighted by molar-refractivity contribution is -0.169. The van der Waals surface area contributed by atoms with Gasteiger partial charge >= 0.3 is 0 Å². The summed E-state index contributed by atoms with van der Waals surface area (Å²) in [6, 6.07) is 0. The molecule has 0 amide bonds. The standard InChI is InChI=1S/C26H41P/c27-26(23-3-1-2-4-23,24-11-17-5-18(12-24)7-19(6-17)13-24)25-14-20-8-21(15-25)10-22(9-20)16-25/h17-23H,1-16,27H2. The van der Waals surface area contributed by atoms with E-state index < -0.39 is 0 Å². The van der Waals surface area contributed by atoms with E-state index in [-0.39, 0.29) is 0 Å². The summed E-state index contributed by atoms with van der Waals surface area (Å²) in [5.74, 6) is 7.75. The van der Waals surface area contributed by atoms with E-state index in [4.69, 9.17) is 0 Å². The molecule has 150 valence electrons. The molecule has 0 spiro atoms. The topological polar surface area (TPSA) is 0 Å². The zero-order valence-corrected chi connectivity index (χ0v) is 18.6. The molecule has 0 aliphatic heterocycles. The van der Waals surface area contributed by atoms with Gasteiger partial charge in [0.15, 0.2) is 0 Å². The van der Waals surface area contributed by atoms with Gasteiger partial charge in [-0.3, -0.25) is 0 Å². The predicted octanol–water partition coefficient (Wildman–Crippen LogP) is 7.22. The Morgan fingerprint density at radius 2 is 0.815 bits per heavy atom. The third kappa shape index (κ3) is 2.16. The van der Waals surface area contributed by atoms with Crippen LogP contribution in [0, 0.1) is 52.3 Å². The maximum absolute atomic E-state index is 3.82. The number of hydrogen-bond acceptors (Lipinski definition) is 0. The van der Waals surface area contributed by atoms with Crippen molar-refractivity contribution in [2.45, 2.75) is 108 Å². The Kier molecular flexibility index (Phi) is 3.53. The second kappa shape index (κ2) is 5.56. The van der Waals surface area contributed by atoms with Crippen LogP contribution < -0.4 is 0 Å². The highest BCUT2D eigenvalue weighted by Crippen LogP contribution is 2.77. The highest BCUT2D eigenvalue weighted by atomic mass is 31.0. The molecule has 0 N–H and O–H groups in total. The van der Waals surface area contributed by atoms with Crippen molar-refractivity contribution in [1.29, 1.82) is 0 Å². The predicted molar refractivity (Wildman–Crippen MR) is 116 cm³/mol. The Bertz CT molecular complexity index is 512. The molecule has 0 radical (unpaired) electrons. The zero-order valence-electron chi connectivity index (χ0n) is 17.4. The molecule has 1 unspecified atom stereocenters. The van der Waals surface area contributed by atoms with E-state index in [9.17, 15) is 0 Å². The maximum atomic E-state index is 3.82. The van der Waals surface area contributed by atoms with Gasteiger partial charge in [-0.1, -0.05) is 12.8 Å². The van der Waals surface area contributed by atoms with Crippen LogP contribution in [0.3, 0.4) is 0 Å². The highest BCUT2D eigenvalue weighted by molar-refractivity contribution is 7.19. The van der Waals surface area contributed by atoms with Gasteiger partial charge in [0, 0.05) is 0 Å². The van der Waals surface area contributed by atoms with Crippen LogP contribution in [0.2, 0.25) is 0 Å². The first-order chi connectivity index (χ1) is 13.1. The Morgan fingerprint density at radius 3 is 1.11 bits per heavy atom. The van der Waals surface area contributed by atoms with Crippen molar-refractivity contribution in [3.63, 3.8) is 0 Å². The molecule has 0 aromatic rings. The Morgan fingerprint density at radius 1 is 0.519 bits per heavy atom. The SMILES string of the molecule is PC(C1CCCC1)(C12CC3CC(CC(C3)C1)C2)C12CC3CC(CC(C3)C1)C2. The highest BCUT2D eigenvalue weighted by Gasteiger charge is 2.70. The van der Waals surface area contributed by atoms with Crippen LogP contribution in [0.4, 0.5) is 0 Å². The maximum Gasteiger partial charge on any atom is -0.000916 e.